The van der Waals surface area contributed by atoms with Gasteiger partial charge in [0.1, 0.15) is 13.2 Å². The molecule has 0 atom stereocenters. The molecule has 0 spiro atoms. The number of hydrogen-bond donors (Lipinski definition) is 1. The van der Waals surface area contributed by atoms with Gasteiger partial charge in [-0.25, -0.2) is 0 Å². The third kappa shape index (κ3) is 5.04. The van der Waals surface area contributed by atoms with Crippen LogP contribution in [0.4, 0.5) is 0 Å². The number of hydrogen-bond acceptors (Lipinski definition) is 5. The molecule has 0 saturated heterocycles. The maximum absolute atomic E-state index is 12.9. The topological polar surface area (TPSA) is 76.7 Å². The highest BCUT2D eigenvalue weighted by Gasteiger charge is 2.22. The number of unbranched alkanes of at least 4 members (excludes halogenated alkanes) is 2. The molecule has 3 aromatic rings. The van der Waals surface area contributed by atoms with E-state index in [1.807, 2.05) is 25.2 Å². The van der Waals surface area contributed by atoms with Gasteiger partial charge in [0.05, 0.1) is 12.8 Å². The molecule has 1 aliphatic rings. The predicted molar refractivity (Wildman–Crippen MR) is 123 cm³/mol. The summed E-state index contributed by atoms with van der Waals surface area (Å²) in [7, 11) is 3.39. The maximum Gasteiger partial charge on any atom is 0.253 e. The van der Waals surface area contributed by atoms with Gasteiger partial charge in [0.2, 0.25) is 5.75 Å². The second kappa shape index (κ2) is 10.2. The molecule has 7 nitrogen and oxygen atoms in total. The van der Waals surface area contributed by atoms with Gasteiger partial charge >= 0.3 is 0 Å². The third-order valence-corrected chi connectivity index (χ3v) is 5.56. The van der Waals surface area contributed by atoms with Gasteiger partial charge in [-0.3, -0.25) is 9.89 Å². The first-order valence-corrected chi connectivity index (χ1v) is 11.0. The standard InChI is InChI=1S/C25H29N3O4/c1-28(25(29)19-15-22(30-2)24-23(16-19)31-13-14-32-24)12-8-4-7-11-20-17-21(27-26-20)18-9-5-3-6-10-18/h3,5-6,9-10,15-17H,4,7-8,11-14H2,1-2H3,(H,26,27). The van der Waals surface area contributed by atoms with Crippen molar-refractivity contribution in [1.82, 2.24) is 15.1 Å². The lowest BCUT2D eigenvalue weighted by molar-refractivity contribution is 0.0790. The number of rotatable bonds is 9. The predicted octanol–water partition coefficient (Wildman–Crippen LogP) is 4.34. The van der Waals surface area contributed by atoms with Crippen LogP contribution in [-0.2, 0) is 6.42 Å². The van der Waals surface area contributed by atoms with Gasteiger partial charge in [-0.05, 0) is 37.5 Å². The number of aromatic amines is 1. The van der Waals surface area contributed by atoms with Gasteiger partial charge in [-0.2, -0.15) is 5.10 Å². The largest absolute Gasteiger partial charge is 0.493 e. The molecule has 2 heterocycles. The summed E-state index contributed by atoms with van der Waals surface area (Å²) in [5.41, 5.74) is 3.77. The quantitative estimate of drug-likeness (QED) is 0.506. The Morgan fingerprint density at radius 2 is 1.91 bits per heavy atom. The van der Waals surface area contributed by atoms with Crippen molar-refractivity contribution in [2.45, 2.75) is 25.7 Å². The molecule has 0 saturated carbocycles. The Balaban J connectivity index is 1.24. The second-order valence-electron chi connectivity index (χ2n) is 7.88. The minimum absolute atomic E-state index is 0.0543. The molecule has 1 N–H and O–H groups in total. The first kappa shape index (κ1) is 21.7. The van der Waals surface area contributed by atoms with Crippen LogP contribution in [0, 0.1) is 0 Å². The smallest absolute Gasteiger partial charge is 0.253 e. The van der Waals surface area contributed by atoms with Gasteiger partial charge in [0, 0.05) is 30.4 Å². The van der Waals surface area contributed by atoms with Crippen molar-refractivity contribution < 1.29 is 19.0 Å². The molecular weight excluding hydrogens is 406 g/mol. The molecule has 0 unspecified atom stereocenters. The number of H-pyrrole nitrogens is 1. The van der Waals surface area contributed by atoms with Gasteiger partial charge in [-0.15, -0.1) is 0 Å². The lowest BCUT2D eigenvalue weighted by Crippen LogP contribution is -2.28. The van der Waals surface area contributed by atoms with Crippen LogP contribution >= 0.6 is 0 Å². The summed E-state index contributed by atoms with van der Waals surface area (Å²) in [6.45, 7) is 1.63. The fourth-order valence-corrected chi connectivity index (χ4v) is 3.81. The van der Waals surface area contributed by atoms with Gasteiger partial charge < -0.3 is 19.1 Å². The molecule has 4 rings (SSSR count). The number of aromatic nitrogens is 2. The van der Waals surface area contributed by atoms with Crippen molar-refractivity contribution in [3.05, 3.63) is 59.8 Å². The first-order chi connectivity index (χ1) is 15.7. The van der Waals surface area contributed by atoms with Crippen molar-refractivity contribution in [1.29, 1.82) is 0 Å². The Hall–Kier alpha value is -3.48. The summed E-state index contributed by atoms with van der Waals surface area (Å²) < 4.78 is 16.6. The van der Waals surface area contributed by atoms with Crippen molar-refractivity contribution in [2.24, 2.45) is 0 Å². The summed E-state index contributed by atoms with van der Waals surface area (Å²) >= 11 is 0. The first-order valence-electron chi connectivity index (χ1n) is 11.0. The summed E-state index contributed by atoms with van der Waals surface area (Å²) in [5.74, 6) is 1.59. The zero-order chi connectivity index (χ0) is 22.3. The second-order valence-corrected chi connectivity index (χ2v) is 7.88. The fourth-order valence-electron chi connectivity index (χ4n) is 3.81. The van der Waals surface area contributed by atoms with Crippen molar-refractivity contribution in [2.75, 3.05) is 33.9 Å². The average Bonchev–Trinajstić information content (AvgIpc) is 3.32. The molecule has 2 aromatic carbocycles. The minimum atomic E-state index is -0.0543. The Kier molecular flexibility index (Phi) is 6.94. The summed E-state index contributed by atoms with van der Waals surface area (Å²) in [6, 6.07) is 15.7. The van der Waals surface area contributed by atoms with Crippen LogP contribution in [0.1, 0.15) is 35.3 Å². The molecule has 32 heavy (non-hydrogen) atoms. The van der Waals surface area contributed by atoms with E-state index in [0.29, 0.717) is 42.6 Å². The van der Waals surface area contributed by atoms with Crippen molar-refractivity contribution >= 4 is 5.91 Å². The SMILES string of the molecule is COc1cc(C(=O)N(C)CCCCCc2cc(-c3ccccc3)n[nH]2)cc2c1OCCO2. The number of methoxy groups -OCH3 is 1. The van der Waals surface area contributed by atoms with Crippen LogP contribution in [0.15, 0.2) is 48.5 Å². The van der Waals surface area contributed by atoms with E-state index in [4.69, 9.17) is 14.2 Å². The normalized spacial score (nSPS) is 12.4. The van der Waals surface area contributed by atoms with E-state index in [1.54, 1.807) is 24.1 Å². The van der Waals surface area contributed by atoms with Crippen LogP contribution in [0.25, 0.3) is 11.3 Å². The Morgan fingerprint density at radius 3 is 2.72 bits per heavy atom. The molecular formula is C25H29N3O4. The number of benzene rings is 2. The van der Waals surface area contributed by atoms with Crippen LogP contribution in [0.5, 0.6) is 17.2 Å². The molecule has 1 aliphatic heterocycles. The minimum Gasteiger partial charge on any atom is -0.493 e. The van der Waals surface area contributed by atoms with E-state index >= 15 is 0 Å². The van der Waals surface area contributed by atoms with Crippen LogP contribution in [0.2, 0.25) is 0 Å². The molecule has 168 valence electrons. The maximum atomic E-state index is 12.9. The van der Waals surface area contributed by atoms with Gasteiger partial charge in [0.15, 0.2) is 11.5 Å². The van der Waals surface area contributed by atoms with E-state index in [0.717, 1.165) is 42.6 Å². The zero-order valence-corrected chi connectivity index (χ0v) is 18.6. The number of fused-ring (bicyclic) bond motifs is 1. The zero-order valence-electron chi connectivity index (χ0n) is 18.6. The van der Waals surface area contributed by atoms with Gasteiger partial charge in [0.25, 0.3) is 5.91 Å². The summed E-state index contributed by atoms with van der Waals surface area (Å²) in [4.78, 5) is 14.6. The van der Waals surface area contributed by atoms with E-state index in [1.165, 1.54) is 0 Å². The number of carbonyl (C=O) groups excluding carboxylic acids is 1. The molecule has 0 fully saturated rings. The van der Waals surface area contributed by atoms with Crippen molar-refractivity contribution in [3.63, 3.8) is 0 Å². The third-order valence-electron chi connectivity index (χ3n) is 5.56. The lowest BCUT2D eigenvalue weighted by atomic mass is 10.1. The highest BCUT2D eigenvalue weighted by molar-refractivity contribution is 5.95. The summed E-state index contributed by atoms with van der Waals surface area (Å²) in [5, 5.41) is 7.54. The number of nitrogens with zero attached hydrogens (tertiary/aromatic N) is 2. The van der Waals surface area contributed by atoms with Crippen LogP contribution in [-0.4, -0.2) is 54.9 Å². The lowest BCUT2D eigenvalue weighted by Gasteiger charge is -2.23. The number of ether oxygens (including phenoxy) is 3. The highest BCUT2D eigenvalue weighted by Crippen LogP contribution is 2.40. The van der Waals surface area contributed by atoms with E-state index in [9.17, 15) is 4.79 Å². The highest BCUT2D eigenvalue weighted by atomic mass is 16.6. The molecule has 0 radical (unpaired) electrons. The van der Waals surface area contributed by atoms with Crippen molar-refractivity contribution in [3.8, 4) is 28.5 Å². The average molecular weight is 436 g/mol. The van der Waals surface area contributed by atoms with E-state index in [-0.39, 0.29) is 5.91 Å². The van der Waals surface area contributed by atoms with Crippen LogP contribution < -0.4 is 14.2 Å². The van der Waals surface area contributed by atoms with Gasteiger partial charge in [-0.1, -0.05) is 36.8 Å². The Morgan fingerprint density at radius 1 is 1.09 bits per heavy atom. The number of amides is 1. The molecule has 0 bridgehead atoms. The number of aryl methyl sites for hydroxylation is 1. The van der Waals surface area contributed by atoms with E-state index < -0.39 is 0 Å². The Bertz CT molecular complexity index is 1030. The Labute approximate surface area is 188 Å². The monoisotopic (exact) mass is 435 g/mol. The van der Waals surface area contributed by atoms with E-state index in [2.05, 4.69) is 28.4 Å². The molecule has 1 amide bonds. The number of nitrogens with one attached hydrogen (secondary N) is 1. The molecule has 0 aliphatic carbocycles. The molecule has 7 heteroatoms. The number of carbonyl (C=O) groups is 1. The fraction of sp³-hybridized carbons (Fsp3) is 0.360. The van der Waals surface area contributed by atoms with Crippen LogP contribution in [0.3, 0.4) is 0 Å². The molecule has 1 aromatic heterocycles. The summed E-state index contributed by atoms with van der Waals surface area (Å²) in [6.07, 6.45) is 3.94.